The first kappa shape index (κ1) is 15.2. The summed E-state index contributed by atoms with van der Waals surface area (Å²) < 4.78 is 4.77. The Bertz CT molecular complexity index is 559. The van der Waals surface area contributed by atoms with E-state index in [-0.39, 0.29) is 23.6 Å². The molecule has 0 aromatic carbocycles. The van der Waals surface area contributed by atoms with Crippen LogP contribution in [0.15, 0.2) is 11.3 Å². The average Bonchev–Trinajstić information content (AvgIpc) is 2.34. The van der Waals surface area contributed by atoms with Crippen LogP contribution in [0.1, 0.15) is 13.3 Å². The molecule has 0 aromatic rings. The van der Waals surface area contributed by atoms with Gasteiger partial charge in [0.15, 0.2) is 0 Å². The van der Waals surface area contributed by atoms with E-state index in [2.05, 4.69) is 5.32 Å². The van der Waals surface area contributed by atoms with Crippen LogP contribution in [-0.4, -0.2) is 56.4 Å². The second-order valence-corrected chi connectivity index (χ2v) is 5.64. The van der Waals surface area contributed by atoms with Gasteiger partial charge in [-0.05, 0) is 0 Å². The highest BCUT2D eigenvalue weighted by atomic mass is 32.2. The molecule has 10 heteroatoms. The zero-order valence-corrected chi connectivity index (χ0v) is 11.7. The summed E-state index contributed by atoms with van der Waals surface area (Å²) in [5.41, 5.74) is -0.288. The number of carboxylic acid groups (broad SMARTS) is 2. The number of carbonyl (C=O) groups is 4. The lowest BCUT2D eigenvalue weighted by atomic mass is 10.1. The van der Waals surface area contributed by atoms with E-state index < -0.39 is 35.4 Å². The molecule has 0 radical (unpaired) electrons. The van der Waals surface area contributed by atoms with Crippen molar-refractivity contribution in [1.29, 1.82) is 0 Å². The molecule has 1 unspecified atom stereocenters. The first-order valence-electron chi connectivity index (χ1n) is 5.88. The number of amides is 2. The lowest BCUT2D eigenvalue weighted by Gasteiger charge is -2.46. The number of esters is 1. The number of β-lactam (4-membered cyclic amide) rings is 1. The van der Waals surface area contributed by atoms with Gasteiger partial charge < -0.3 is 20.3 Å². The lowest BCUT2D eigenvalue weighted by Crippen LogP contribution is -2.57. The van der Waals surface area contributed by atoms with Gasteiger partial charge >= 0.3 is 18.0 Å². The molecule has 21 heavy (non-hydrogen) atoms. The van der Waals surface area contributed by atoms with Crippen LogP contribution in [0.4, 0.5) is 4.79 Å². The number of thioether (sulfide) groups is 1. The molecule has 2 atom stereocenters. The number of carbonyl (C=O) groups excluding carboxylic acids is 2. The van der Waals surface area contributed by atoms with Crippen LogP contribution in [0.2, 0.25) is 0 Å². The number of fused-ring (bicyclic) bond motifs is 1. The average molecular weight is 316 g/mol. The summed E-state index contributed by atoms with van der Waals surface area (Å²) in [4.78, 5) is 45.8. The Kier molecular flexibility index (Phi) is 4.07. The van der Waals surface area contributed by atoms with Gasteiger partial charge in [-0.1, -0.05) is 0 Å². The highest BCUT2D eigenvalue weighted by molar-refractivity contribution is 8.00. The Hall–Kier alpha value is -2.23. The van der Waals surface area contributed by atoms with Crippen LogP contribution in [-0.2, 0) is 19.1 Å². The first-order chi connectivity index (χ1) is 9.81. The van der Waals surface area contributed by atoms with Crippen LogP contribution in [0, 0.1) is 0 Å². The molecule has 2 amide bonds. The van der Waals surface area contributed by atoms with Crippen molar-refractivity contribution < 1.29 is 34.1 Å². The minimum Gasteiger partial charge on any atom is -0.477 e. The van der Waals surface area contributed by atoms with E-state index in [0.717, 1.165) is 23.6 Å². The smallest absolute Gasteiger partial charge is 0.405 e. The van der Waals surface area contributed by atoms with Crippen LogP contribution >= 0.6 is 11.8 Å². The van der Waals surface area contributed by atoms with Gasteiger partial charge in [0.2, 0.25) is 5.91 Å². The van der Waals surface area contributed by atoms with Crippen LogP contribution in [0.5, 0.6) is 0 Å². The maximum absolute atomic E-state index is 11.6. The fraction of sp³-hybridized carbons (Fsp3) is 0.455. The molecule has 2 aliphatic heterocycles. The topological polar surface area (TPSA) is 133 Å². The molecule has 0 bridgehead atoms. The molecule has 2 heterocycles. The van der Waals surface area contributed by atoms with Crippen molar-refractivity contribution in [1.82, 2.24) is 10.2 Å². The minimum atomic E-state index is -1.37. The molecule has 0 aromatic heterocycles. The summed E-state index contributed by atoms with van der Waals surface area (Å²) in [5, 5.41) is 19.0. The second kappa shape index (κ2) is 5.64. The van der Waals surface area contributed by atoms with E-state index in [0.29, 0.717) is 0 Å². The molecule has 2 aliphatic rings. The van der Waals surface area contributed by atoms with Crippen molar-refractivity contribution >= 4 is 35.7 Å². The maximum atomic E-state index is 11.6. The number of hydrogen-bond acceptors (Lipinski definition) is 6. The first-order valence-corrected chi connectivity index (χ1v) is 6.82. The Morgan fingerprint density at radius 1 is 1.43 bits per heavy atom. The number of ether oxygens (including phenoxy) is 1. The molecule has 0 saturated carbocycles. The van der Waals surface area contributed by atoms with Gasteiger partial charge in [-0.3, -0.25) is 14.5 Å². The molecular formula is C11H12N2O7S. The second-order valence-electron chi connectivity index (χ2n) is 4.35. The SMILES string of the molecule is CC(=O)OCC1=C(C(=O)O)N2C(=O)C[C@H]2SC1NC(=O)O. The summed E-state index contributed by atoms with van der Waals surface area (Å²) in [5.74, 6) is -2.37. The summed E-state index contributed by atoms with van der Waals surface area (Å²) >= 11 is 1.09. The standard InChI is InChI=1S/C11H12N2O7S/c1-4(14)20-3-5-8(10(16)17)13-6(15)2-7(13)21-9(5)12-11(18)19/h7,9,12H,2-3H2,1H3,(H,16,17)(H,18,19)/t7-,9?/m1/s1. The Balaban J connectivity index is 2.38. The predicted molar refractivity (Wildman–Crippen MR) is 69.1 cm³/mol. The fourth-order valence-electron chi connectivity index (χ4n) is 2.08. The van der Waals surface area contributed by atoms with Crippen molar-refractivity contribution in [2.24, 2.45) is 0 Å². The Labute approximate surface area is 122 Å². The normalized spacial score (nSPS) is 24.0. The molecular weight excluding hydrogens is 304 g/mol. The van der Waals surface area contributed by atoms with Crippen molar-refractivity contribution in [2.75, 3.05) is 6.61 Å². The van der Waals surface area contributed by atoms with Gasteiger partial charge in [-0.2, -0.15) is 0 Å². The third-order valence-corrected chi connectivity index (χ3v) is 4.31. The zero-order chi connectivity index (χ0) is 15.7. The monoisotopic (exact) mass is 316 g/mol. The number of nitrogens with zero attached hydrogens (tertiary/aromatic N) is 1. The third-order valence-electron chi connectivity index (χ3n) is 2.95. The van der Waals surface area contributed by atoms with E-state index >= 15 is 0 Å². The van der Waals surface area contributed by atoms with Gasteiger partial charge in [-0.25, -0.2) is 9.59 Å². The van der Waals surface area contributed by atoms with Gasteiger partial charge in [0, 0.05) is 12.5 Å². The van der Waals surface area contributed by atoms with Crippen LogP contribution in [0.3, 0.4) is 0 Å². The van der Waals surface area contributed by atoms with Crippen molar-refractivity contribution in [3.63, 3.8) is 0 Å². The van der Waals surface area contributed by atoms with Crippen molar-refractivity contribution in [3.8, 4) is 0 Å². The number of aliphatic carboxylic acids is 1. The molecule has 1 fully saturated rings. The number of nitrogens with one attached hydrogen (secondary N) is 1. The van der Waals surface area contributed by atoms with E-state index in [4.69, 9.17) is 9.84 Å². The Morgan fingerprint density at radius 3 is 2.57 bits per heavy atom. The van der Waals surface area contributed by atoms with Gasteiger partial charge in [-0.15, -0.1) is 11.8 Å². The quantitative estimate of drug-likeness (QED) is 0.479. The van der Waals surface area contributed by atoms with Gasteiger partial charge in [0.05, 0.1) is 11.8 Å². The number of carboxylic acids is 1. The third kappa shape index (κ3) is 2.94. The molecule has 0 spiro atoms. The van der Waals surface area contributed by atoms with E-state index in [1.165, 1.54) is 0 Å². The summed E-state index contributed by atoms with van der Waals surface area (Å²) in [6.45, 7) is 0.750. The van der Waals surface area contributed by atoms with Crippen LogP contribution < -0.4 is 5.32 Å². The Morgan fingerprint density at radius 2 is 2.10 bits per heavy atom. The maximum Gasteiger partial charge on any atom is 0.405 e. The zero-order valence-electron chi connectivity index (χ0n) is 10.9. The van der Waals surface area contributed by atoms with Gasteiger partial charge in [0.1, 0.15) is 17.7 Å². The van der Waals surface area contributed by atoms with Crippen molar-refractivity contribution in [2.45, 2.75) is 24.1 Å². The van der Waals surface area contributed by atoms with Crippen molar-refractivity contribution in [3.05, 3.63) is 11.3 Å². The lowest BCUT2D eigenvalue weighted by molar-refractivity contribution is -0.146. The highest BCUT2D eigenvalue weighted by Crippen LogP contribution is 2.43. The number of hydrogen-bond donors (Lipinski definition) is 3. The molecule has 2 rings (SSSR count). The van der Waals surface area contributed by atoms with E-state index in [1.54, 1.807) is 0 Å². The van der Waals surface area contributed by atoms with E-state index in [9.17, 15) is 24.3 Å². The molecule has 114 valence electrons. The summed E-state index contributed by atoms with van der Waals surface area (Å²) in [7, 11) is 0. The predicted octanol–water partition coefficient (Wildman–Crippen LogP) is -0.213. The minimum absolute atomic E-state index is 0.0365. The molecule has 9 nitrogen and oxygen atoms in total. The van der Waals surface area contributed by atoms with Gasteiger partial charge in [0.25, 0.3) is 0 Å². The van der Waals surface area contributed by atoms with E-state index in [1.807, 2.05) is 0 Å². The summed E-state index contributed by atoms with van der Waals surface area (Å²) in [6.07, 6.45) is -1.20. The molecule has 0 aliphatic carbocycles. The molecule has 3 N–H and O–H groups in total. The molecule has 1 saturated heterocycles. The fourth-order valence-corrected chi connectivity index (χ4v) is 3.49. The largest absolute Gasteiger partial charge is 0.477 e. The number of rotatable bonds is 4. The highest BCUT2D eigenvalue weighted by Gasteiger charge is 2.49. The van der Waals surface area contributed by atoms with Crippen LogP contribution in [0.25, 0.3) is 0 Å². The summed E-state index contributed by atoms with van der Waals surface area (Å²) in [6, 6.07) is 0.